The van der Waals surface area contributed by atoms with Gasteiger partial charge >= 0.3 is 6.55 Å². The fourth-order valence-electron chi connectivity index (χ4n) is 0.807. The maximum absolute atomic E-state index is 11.9. The van der Waals surface area contributed by atoms with Crippen LogP contribution in [-0.4, -0.2) is 17.6 Å². The van der Waals surface area contributed by atoms with Crippen LogP contribution in [0.1, 0.15) is 13.8 Å². The van der Waals surface area contributed by atoms with Crippen molar-refractivity contribution in [2.24, 2.45) is 0 Å². The zero-order chi connectivity index (χ0) is 7.72. The number of nitrogens with zero attached hydrogens (tertiary/aromatic N) is 1. The molecule has 0 radical (unpaired) electrons. The largest absolute Gasteiger partial charge is 0.327 e. The molecule has 0 spiro atoms. The minimum Gasteiger partial charge on any atom is -0.256 e. The summed E-state index contributed by atoms with van der Waals surface area (Å²) >= 11 is 0. The van der Waals surface area contributed by atoms with Gasteiger partial charge in [-0.05, 0) is 19.4 Å². The Morgan fingerprint density at radius 1 is 1.70 bits per heavy atom. The molecule has 1 rings (SSSR count). The molecular weight excluding hydrogens is 138 g/mol. The third kappa shape index (κ3) is 1.26. The van der Waals surface area contributed by atoms with Crippen LogP contribution < -0.4 is 5.43 Å². The van der Waals surface area contributed by atoms with Gasteiger partial charge in [-0.15, -0.1) is 0 Å². The molecule has 1 atom stereocenters. The molecule has 1 aliphatic heterocycles. The van der Waals surface area contributed by atoms with E-state index in [4.69, 9.17) is 0 Å². The van der Waals surface area contributed by atoms with Gasteiger partial charge in [0.05, 0.1) is 0 Å². The molecule has 0 aliphatic carbocycles. The summed E-state index contributed by atoms with van der Waals surface area (Å²) in [6.45, 7) is 1.22. The Hall–Kier alpha value is -0.640. The fraction of sp³-hybridized carbons (Fsp3) is 0.667. The normalized spacial score (nSPS) is 25.9. The first kappa shape index (κ1) is 7.47. The van der Waals surface area contributed by atoms with Gasteiger partial charge in [0, 0.05) is 12.2 Å². The topological polar surface area (TPSA) is 15.3 Å². The van der Waals surface area contributed by atoms with Crippen LogP contribution in [0.5, 0.6) is 0 Å². The van der Waals surface area contributed by atoms with Crippen LogP contribution in [0.15, 0.2) is 11.8 Å². The second kappa shape index (κ2) is 2.54. The van der Waals surface area contributed by atoms with Gasteiger partial charge in [0.2, 0.25) is 0 Å². The molecule has 0 bridgehead atoms. The van der Waals surface area contributed by atoms with Gasteiger partial charge < -0.3 is 0 Å². The Labute approximate surface area is 58.5 Å². The second-order valence-electron chi connectivity index (χ2n) is 2.41. The molecule has 0 fully saturated rings. The van der Waals surface area contributed by atoms with E-state index in [9.17, 15) is 8.78 Å². The van der Waals surface area contributed by atoms with E-state index in [1.165, 1.54) is 6.20 Å². The molecule has 1 N–H and O–H groups in total. The Morgan fingerprint density at radius 3 is 2.50 bits per heavy atom. The first-order chi connectivity index (χ1) is 4.61. The van der Waals surface area contributed by atoms with E-state index in [1.807, 2.05) is 13.8 Å². The van der Waals surface area contributed by atoms with E-state index >= 15 is 0 Å². The lowest BCUT2D eigenvalue weighted by Gasteiger charge is -2.15. The van der Waals surface area contributed by atoms with Crippen LogP contribution >= 0.6 is 0 Å². The molecule has 0 amide bonds. The maximum Gasteiger partial charge on any atom is 0.327 e. The molecule has 0 aromatic rings. The monoisotopic (exact) mass is 148 g/mol. The van der Waals surface area contributed by atoms with E-state index in [0.717, 1.165) is 10.6 Å². The lowest BCUT2D eigenvalue weighted by molar-refractivity contribution is -0.0219. The van der Waals surface area contributed by atoms with Gasteiger partial charge in [-0.3, -0.25) is 5.01 Å². The first-order valence-corrected chi connectivity index (χ1v) is 3.12. The number of hydrogen-bond acceptors (Lipinski definition) is 2. The Kier molecular flexibility index (Phi) is 1.89. The smallest absolute Gasteiger partial charge is 0.256 e. The molecule has 0 saturated carbocycles. The maximum atomic E-state index is 11.9. The quantitative estimate of drug-likeness (QED) is 0.564. The molecule has 1 heterocycles. The number of nitrogens with one attached hydrogen (secondary N) is 1. The predicted octanol–water partition coefficient (Wildman–Crippen LogP) is 1.32. The predicted molar refractivity (Wildman–Crippen MR) is 34.2 cm³/mol. The van der Waals surface area contributed by atoms with Gasteiger partial charge in [-0.25, -0.2) is 5.43 Å². The lowest BCUT2D eigenvalue weighted by atomic mass is 10.2. The summed E-state index contributed by atoms with van der Waals surface area (Å²) in [7, 11) is 0. The van der Waals surface area contributed by atoms with Crippen LogP contribution in [0, 0.1) is 0 Å². The van der Waals surface area contributed by atoms with Crippen LogP contribution in [-0.2, 0) is 0 Å². The minimum absolute atomic E-state index is 0.0361. The van der Waals surface area contributed by atoms with Gasteiger partial charge in [0.25, 0.3) is 0 Å². The number of hydrogen-bond donors (Lipinski definition) is 1. The Balaban J connectivity index is 2.56. The third-order valence-corrected chi connectivity index (χ3v) is 1.58. The third-order valence-electron chi connectivity index (χ3n) is 1.58. The summed E-state index contributed by atoms with van der Waals surface area (Å²) in [5.74, 6) is 0. The van der Waals surface area contributed by atoms with Gasteiger partial charge in [-0.2, -0.15) is 8.78 Å². The molecule has 4 heteroatoms. The number of rotatable bonds is 1. The van der Waals surface area contributed by atoms with Crippen LogP contribution in [0.2, 0.25) is 0 Å². The summed E-state index contributed by atoms with van der Waals surface area (Å²) < 4.78 is 23.8. The highest BCUT2D eigenvalue weighted by Crippen LogP contribution is 2.14. The fourth-order valence-corrected chi connectivity index (χ4v) is 0.807. The second-order valence-corrected chi connectivity index (χ2v) is 2.41. The number of hydrazine groups is 1. The van der Waals surface area contributed by atoms with Crippen molar-refractivity contribution in [3.63, 3.8) is 0 Å². The summed E-state index contributed by atoms with van der Waals surface area (Å²) in [6, 6.07) is 0.0361. The highest BCUT2D eigenvalue weighted by molar-refractivity contribution is 5.09. The Morgan fingerprint density at radius 2 is 2.30 bits per heavy atom. The molecule has 0 aromatic carbocycles. The van der Waals surface area contributed by atoms with Crippen molar-refractivity contribution in [3.8, 4) is 0 Å². The van der Waals surface area contributed by atoms with Crippen molar-refractivity contribution in [1.29, 1.82) is 0 Å². The molecule has 2 nitrogen and oxygen atoms in total. The van der Waals surface area contributed by atoms with Crippen molar-refractivity contribution in [2.45, 2.75) is 26.4 Å². The summed E-state index contributed by atoms with van der Waals surface area (Å²) in [6.07, 6.45) is 1.43. The molecule has 58 valence electrons. The van der Waals surface area contributed by atoms with Crippen LogP contribution in [0.4, 0.5) is 8.78 Å². The standard InChI is InChI=1S/C6H10F2N2/c1-4-3-10(6(7)8)9-5(4)2/h3,5-6,9H,1-2H3. The van der Waals surface area contributed by atoms with Gasteiger partial charge in [0.1, 0.15) is 0 Å². The molecule has 1 unspecified atom stereocenters. The number of alkyl halides is 2. The van der Waals surface area contributed by atoms with E-state index in [2.05, 4.69) is 5.43 Å². The van der Waals surface area contributed by atoms with Gasteiger partial charge in [0.15, 0.2) is 0 Å². The van der Waals surface area contributed by atoms with E-state index in [1.54, 1.807) is 0 Å². The molecule has 0 saturated heterocycles. The summed E-state index contributed by atoms with van der Waals surface area (Å²) in [5.41, 5.74) is 3.52. The van der Waals surface area contributed by atoms with Crippen molar-refractivity contribution < 1.29 is 8.78 Å². The van der Waals surface area contributed by atoms with E-state index in [-0.39, 0.29) is 6.04 Å². The first-order valence-electron chi connectivity index (χ1n) is 3.12. The van der Waals surface area contributed by atoms with E-state index < -0.39 is 6.55 Å². The average molecular weight is 148 g/mol. The van der Waals surface area contributed by atoms with Crippen LogP contribution in [0.3, 0.4) is 0 Å². The zero-order valence-electron chi connectivity index (χ0n) is 5.94. The highest BCUT2D eigenvalue weighted by Gasteiger charge is 2.21. The minimum atomic E-state index is -2.44. The van der Waals surface area contributed by atoms with Crippen LogP contribution in [0.25, 0.3) is 0 Å². The molecule has 1 aliphatic rings. The number of halogens is 2. The van der Waals surface area contributed by atoms with Gasteiger partial charge in [-0.1, -0.05) is 0 Å². The SMILES string of the molecule is CC1=CN(C(F)F)NC1C. The van der Waals surface area contributed by atoms with Crippen molar-refractivity contribution >= 4 is 0 Å². The molecule has 0 aromatic heterocycles. The average Bonchev–Trinajstić information content (AvgIpc) is 2.13. The zero-order valence-corrected chi connectivity index (χ0v) is 5.94. The molecular formula is C6H10F2N2. The van der Waals surface area contributed by atoms with Crippen molar-refractivity contribution in [2.75, 3.05) is 0 Å². The summed E-state index contributed by atoms with van der Waals surface area (Å²) in [4.78, 5) is 0. The van der Waals surface area contributed by atoms with Crippen molar-refractivity contribution in [3.05, 3.63) is 11.8 Å². The van der Waals surface area contributed by atoms with E-state index in [0.29, 0.717) is 0 Å². The Bertz CT molecular complexity index is 156. The highest BCUT2D eigenvalue weighted by atomic mass is 19.3. The lowest BCUT2D eigenvalue weighted by Crippen LogP contribution is -2.37. The summed E-state index contributed by atoms with van der Waals surface area (Å²) in [5, 5.41) is 0.819. The van der Waals surface area contributed by atoms with Crippen molar-refractivity contribution in [1.82, 2.24) is 10.4 Å². The molecule has 10 heavy (non-hydrogen) atoms.